The van der Waals surface area contributed by atoms with Gasteiger partial charge in [-0.15, -0.1) is 0 Å². The van der Waals surface area contributed by atoms with Crippen molar-refractivity contribution in [3.8, 4) is 0 Å². The summed E-state index contributed by atoms with van der Waals surface area (Å²) in [5.41, 5.74) is 1.96. The maximum absolute atomic E-state index is 13.0. The van der Waals surface area contributed by atoms with E-state index < -0.39 is 11.6 Å². The van der Waals surface area contributed by atoms with Crippen molar-refractivity contribution in [3.05, 3.63) is 65.2 Å². The Hall–Kier alpha value is -2.43. The predicted octanol–water partition coefficient (Wildman–Crippen LogP) is 3.33. The lowest BCUT2D eigenvalue weighted by atomic mass is 10.1. The molecule has 2 aromatic rings. The lowest BCUT2D eigenvalue weighted by Gasteiger charge is -2.07. The zero-order valence-corrected chi connectivity index (χ0v) is 11.6. The van der Waals surface area contributed by atoms with Gasteiger partial charge < -0.3 is 10.6 Å². The topological polar surface area (TPSA) is 41.1 Å². The van der Waals surface area contributed by atoms with E-state index >= 15 is 0 Å². The first kappa shape index (κ1) is 15.0. The molecule has 1 amide bonds. The lowest BCUT2D eigenvalue weighted by molar-refractivity contribution is 0.0951. The van der Waals surface area contributed by atoms with Crippen LogP contribution in [-0.4, -0.2) is 12.5 Å². The van der Waals surface area contributed by atoms with Gasteiger partial charge in [0.05, 0.1) is 0 Å². The van der Waals surface area contributed by atoms with E-state index in [4.69, 9.17) is 0 Å². The lowest BCUT2D eigenvalue weighted by Crippen LogP contribution is -2.22. The second-order valence-electron chi connectivity index (χ2n) is 4.54. The van der Waals surface area contributed by atoms with E-state index in [0.717, 1.165) is 24.4 Å². The highest BCUT2D eigenvalue weighted by molar-refractivity contribution is 5.94. The summed E-state index contributed by atoms with van der Waals surface area (Å²) in [5, 5.41) is 5.80. The largest absolute Gasteiger partial charge is 0.385 e. The number of nitrogens with one attached hydrogen (secondary N) is 2. The molecule has 0 aromatic heterocycles. The van der Waals surface area contributed by atoms with Gasteiger partial charge in [0, 0.05) is 24.3 Å². The fourth-order valence-electron chi connectivity index (χ4n) is 1.88. The molecule has 0 aliphatic carbocycles. The summed E-state index contributed by atoms with van der Waals surface area (Å²) >= 11 is 0. The van der Waals surface area contributed by atoms with Gasteiger partial charge >= 0.3 is 0 Å². The van der Waals surface area contributed by atoms with E-state index in [-0.39, 0.29) is 12.5 Å². The molecule has 0 unspecified atom stereocenters. The number of benzene rings is 2. The SMILES string of the molecule is CCNc1ccc(C(=O)NCc2ccc(F)c(F)c2)cc1. The Labute approximate surface area is 122 Å². The van der Waals surface area contributed by atoms with Crippen molar-refractivity contribution in [1.82, 2.24) is 5.32 Å². The quantitative estimate of drug-likeness (QED) is 0.887. The first-order valence-corrected chi connectivity index (χ1v) is 6.66. The first-order chi connectivity index (χ1) is 10.1. The minimum Gasteiger partial charge on any atom is -0.385 e. The van der Waals surface area contributed by atoms with Crippen molar-refractivity contribution in [3.63, 3.8) is 0 Å². The van der Waals surface area contributed by atoms with E-state index in [1.165, 1.54) is 6.07 Å². The van der Waals surface area contributed by atoms with Crippen LogP contribution in [0.3, 0.4) is 0 Å². The zero-order valence-electron chi connectivity index (χ0n) is 11.6. The number of anilines is 1. The smallest absolute Gasteiger partial charge is 0.251 e. The van der Waals surface area contributed by atoms with Crippen LogP contribution in [0.15, 0.2) is 42.5 Å². The number of hydrogen-bond acceptors (Lipinski definition) is 2. The molecule has 110 valence electrons. The van der Waals surface area contributed by atoms with Gasteiger partial charge in [0.1, 0.15) is 0 Å². The third-order valence-electron chi connectivity index (χ3n) is 2.97. The normalized spacial score (nSPS) is 10.2. The number of amides is 1. The van der Waals surface area contributed by atoms with E-state index in [1.807, 2.05) is 19.1 Å². The summed E-state index contributed by atoms with van der Waals surface area (Å²) in [6, 6.07) is 10.6. The Morgan fingerprint density at radius 1 is 1.05 bits per heavy atom. The highest BCUT2D eigenvalue weighted by Gasteiger charge is 2.07. The van der Waals surface area contributed by atoms with E-state index in [2.05, 4.69) is 10.6 Å². The van der Waals surface area contributed by atoms with Crippen molar-refractivity contribution in [2.45, 2.75) is 13.5 Å². The number of halogens is 2. The molecule has 2 N–H and O–H groups in total. The van der Waals surface area contributed by atoms with Crippen LogP contribution in [0.2, 0.25) is 0 Å². The fourth-order valence-corrected chi connectivity index (χ4v) is 1.88. The molecule has 0 aliphatic rings. The standard InChI is InChI=1S/C16H16F2N2O/c1-2-19-13-6-4-12(5-7-13)16(21)20-10-11-3-8-14(17)15(18)9-11/h3-9,19H,2,10H2,1H3,(H,20,21). The molecule has 0 heterocycles. The predicted molar refractivity (Wildman–Crippen MR) is 78.1 cm³/mol. The summed E-state index contributed by atoms with van der Waals surface area (Å²) < 4.78 is 25.8. The summed E-state index contributed by atoms with van der Waals surface area (Å²) in [7, 11) is 0. The Balaban J connectivity index is 1.96. The molecule has 5 heteroatoms. The highest BCUT2D eigenvalue weighted by atomic mass is 19.2. The number of carbonyl (C=O) groups is 1. The summed E-state index contributed by atoms with van der Waals surface area (Å²) in [4.78, 5) is 11.9. The van der Waals surface area contributed by atoms with Gasteiger partial charge in [0.15, 0.2) is 11.6 Å². The van der Waals surface area contributed by atoms with Crippen molar-refractivity contribution in [2.24, 2.45) is 0 Å². The Bertz CT molecular complexity index is 627. The van der Waals surface area contributed by atoms with E-state index in [0.29, 0.717) is 11.1 Å². The van der Waals surface area contributed by atoms with Crippen molar-refractivity contribution in [1.29, 1.82) is 0 Å². The molecule has 2 aromatic carbocycles. The third kappa shape index (κ3) is 4.02. The summed E-state index contributed by atoms with van der Waals surface area (Å²) in [5.74, 6) is -2.08. The maximum Gasteiger partial charge on any atom is 0.251 e. The molecule has 0 radical (unpaired) electrons. The van der Waals surface area contributed by atoms with Crippen LogP contribution in [0.1, 0.15) is 22.8 Å². The molecule has 0 saturated carbocycles. The summed E-state index contributed by atoms with van der Waals surface area (Å²) in [6.07, 6.45) is 0. The van der Waals surface area contributed by atoms with Crippen molar-refractivity contribution in [2.75, 3.05) is 11.9 Å². The van der Waals surface area contributed by atoms with Crippen LogP contribution in [0.4, 0.5) is 14.5 Å². The van der Waals surface area contributed by atoms with Gasteiger partial charge in [0.25, 0.3) is 5.91 Å². The molecule has 3 nitrogen and oxygen atoms in total. The number of hydrogen-bond donors (Lipinski definition) is 2. The minimum absolute atomic E-state index is 0.144. The molecule has 0 bridgehead atoms. The fraction of sp³-hybridized carbons (Fsp3) is 0.188. The maximum atomic E-state index is 13.0. The third-order valence-corrected chi connectivity index (χ3v) is 2.97. The molecule has 0 spiro atoms. The minimum atomic E-state index is -0.920. The summed E-state index contributed by atoms with van der Waals surface area (Å²) in [6.45, 7) is 2.94. The molecule has 0 fully saturated rings. The van der Waals surface area contributed by atoms with Gasteiger partial charge in [-0.1, -0.05) is 6.07 Å². The molecular weight excluding hydrogens is 274 g/mol. The van der Waals surface area contributed by atoms with Gasteiger partial charge in [0.2, 0.25) is 0 Å². The van der Waals surface area contributed by atoms with E-state index in [9.17, 15) is 13.6 Å². The first-order valence-electron chi connectivity index (χ1n) is 6.66. The zero-order chi connectivity index (χ0) is 15.2. The Kier molecular flexibility index (Phi) is 4.87. The highest BCUT2D eigenvalue weighted by Crippen LogP contribution is 2.11. The van der Waals surface area contributed by atoms with Crippen LogP contribution in [0.25, 0.3) is 0 Å². The van der Waals surface area contributed by atoms with E-state index in [1.54, 1.807) is 12.1 Å². The molecule has 0 aliphatic heterocycles. The van der Waals surface area contributed by atoms with Crippen LogP contribution < -0.4 is 10.6 Å². The van der Waals surface area contributed by atoms with Crippen LogP contribution in [0, 0.1) is 11.6 Å². The molecular formula is C16H16F2N2O. The number of carbonyl (C=O) groups excluding carboxylic acids is 1. The van der Waals surface area contributed by atoms with Crippen molar-refractivity contribution < 1.29 is 13.6 Å². The van der Waals surface area contributed by atoms with Gasteiger partial charge in [-0.2, -0.15) is 0 Å². The van der Waals surface area contributed by atoms with Crippen LogP contribution in [-0.2, 0) is 6.54 Å². The van der Waals surface area contributed by atoms with Gasteiger partial charge in [-0.05, 0) is 48.9 Å². The second kappa shape index (κ2) is 6.83. The van der Waals surface area contributed by atoms with Crippen LogP contribution >= 0.6 is 0 Å². The Morgan fingerprint density at radius 2 is 1.76 bits per heavy atom. The number of rotatable bonds is 5. The molecule has 2 rings (SSSR count). The van der Waals surface area contributed by atoms with Gasteiger partial charge in [-0.3, -0.25) is 4.79 Å². The monoisotopic (exact) mass is 290 g/mol. The second-order valence-corrected chi connectivity index (χ2v) is 4.54. The van der Waals surface area contributed by atoms with Crippen LogP contribution in [0.5, 0.6) is 0 Å². The average molecular weight is 290 g/mol. The molecule has 0 atom stereocenters. The van der Waals surface area contributed by atoms with Crippen molar-refractivity contribution >= 4 is 11.6 Å². The molecule has 21 heavy (non-hydrogen) atoms. The Morgan fingerprint density at radius 3 is 2.38 bits per heavy atom. The van der Waals surface area contributed by atoms with Gasteiger partial charge in [-0.25, -0.2) is 8.78 Å². The average Bonchev–Trinajstić information content (AvgIpc) is 2.49. The molecule has 0 saturated heterocycles.